The quantitative estimate of drug-likeness (QED) is 0.652. The van der Waals surface area contributed by atoms with Crippen molar-refractivity contribution in [3.8, 4) is 0 Å². The van der Waals surface area contributed by atoms with Crippen LogP contribution in [0, 0.1) is 0 Å². The zero-order chi connectivity index (χ0) is 10.2. The molecule has 0 radical (unpaired) electrons. The van der Waals surface area contributed by atoms with Crippen LogP contribution in [0.5, 0.6) is 0 Å². The second-order valence-corrected chi connectivity index (χ2v) is 4.42. The van der Waals surface area contributed by atoms with Crippen molar-refractivity contribution in [3.63, 3.8) is 0 Å². The maximum atomic E-state index is 10.6. The van der Waals surface area contributed by atoms with Crippen molar-refractivity contribution in [2.75, 3.05) is 0 Å². The Hall–Kier alpha value is -0.830. The molecule has 0 N–H and O–H groups in total. The van der Waals surface area contributed by atoms with Gasteiger partial charge in [0.25, 0.3) is 0 Å². The van der Waals surface area contributed by atoms with E-state index in [1.165, 1.54) is 0 Å². The highest BCUT2D eigenvalue weighted by atomic mass is 35.5. The fourth-order valence-electron chi connectivity index (χ4n) is 1.41. The molecule has 0 bridgehead atoms. The lowest BCUT2D eigenvalue weighted by Gasteiger charge is -2.18. The molecule has 0 aromatic carbocycles. The van der Waals surface area contributed by atoms with Gasteiger partial charge in [-0.2, -0.15) is 5.10 Å². The predicted octanol–water partition coefficient (Wildman–Crippen LogP) is 2.18. The number of hydrogen-bond donors (Lipinski definition) is 0. The molecular formula is C9H13ClN2O. The standard InChI is InChI=1S/C9H13ClN2O/c1-9(2,3)8-7(10)6(5-13)11-12(8)4/h5H,1-4H3. The number of halogens is 1. The molecular weight excluding hydrogens is 188 g/mol. The molecule has 0 amide bonds. The van der Waals surface area contributed by atoms with Gasteiger partial charge in [-0.25, -0.2) is 0 Å². The van der Waals surface area contributed by atoms with Crippen LogP contribution >= 0.6 is 11.6 Å². The second kappa shape index (κ2) is 3.14. The summed E-state index contributed by atoms with van der Waals surface area (Å²) in [5, 5.41) is 4.47. The molecule has 0 aliphatic carbocycles. The Bertz CT molecular complexity index is 336. The van der Waals surface area contributed by atoms with Crippen LogP contribution in [0.4, 0.5) is 0 Å². The first-order chi connectivity index (χ1) is 5.88. The van der Waals surface area contributed by atoms with Gasteiger partial charge in [0.2, 0.25) is 0 Å². The van der Waals surface area contributed by atoms with E-state index in [-0.39, 0.29) is 5.41 Å². The highest BCUT2D eigenvalue weighted by molar-refractivity contribution is 6.33. The van der Waals surface area contributed by atoms with E-state index in [4.69, 9.17) is 11.6 Å². The number of hydrogen-bond acceptors (Lipinski definition) is 2. The van der Waals surface area contributed by atoms with Crippen molar-refractivity contribution in [3.05, 3.63) is 16.4 Å². The van der Waals surface area contributed by atoms with Crippen molar-refractivity contribution in [1.82, 2.24) is 9.78 Å². The van der Waals surface area contributed by atoms with Crippen molar-refractivity contribution >= 4 is 17.9 Å². The van der Waals surface area contributed by atoms with Gasteiger partial charge in [-0.3, -0.25) is 9.48 Å². The van der Waals surface area contributed by atoms with E-state index in [0.717, 1.165) is 5.69 Å². The van der Waals surface area contributed by atoms with Crippen LogP contribution in [0.15, 0.2) is 0 Å². The summed E-state index contributed by atoms with van der Waals surface area (Å²) in [6, 6.07) is 0. The van der Waals surface area contributed by atoms with E-state index in [2.05, 4.69) is 5.10 Å². The summed E-state index contributed by atoms with van der Waals surface area (Å²) in [5.41, 5.74) is 1.10. The van der Waals surface area contributed by atoms with E-state index < -0.39 is 0 Å². The molecule has 0 saturated heterocycles. The van der Waals surface area contributed by atoms with Gasteiger partial charge in [-0.15, -0.1) is 0 Å². The zero-order valence-electron chi connectivity index (χ0n) is 8.26. The number of rotatable bonds is 1. The van der Waals surface area contributed by atoms with Crippen molar-refractivity contribution in [1.29, 1.82) is 0 Å². The summed E-state index contributed by atoms with van der Waals surface area (Å²) < 4.78 is 1.66. The van der Waals surface area contributed by atoms with Gasteiger partial charge in [-0.1, -0.05) is 32.4 Å². The number of nitrogens with zero attached hydrogens (tertiary/aromatic N) is 2. The number of aldehydes is 1. The molecule has 4 heteroatoms. The molecule has 1 aromatic heterocycles. The highest BCUT2D eigenvalue weighted by Gasteiger charge is 2.24. The van der Waals surface area contributed by atoms with Gasteiger partial charge in [0.15, 0.2) is 6.29 Å². The molecule has 1 aromatic rings. The zero-order valence-corrected chi connectivity index (χ0v) is 9.01. The van der Waals surface area contributed by atoms with Crippen LogP contribution in [-0.4, -0.2) is 16.1 Å². The summed E-state index contributed by atoms with van der Waals surface area (Å²) in [4.78, 5) is 10.6. The lowest BCUT2D eigenvalue weighted by Crippen LogP contribution is -2.16. The molecule has 72 valence electrons. The summed E-state index contributed by atoms with van der Waals surface area (Å²) in [7, 11) is 1.79. The molecule has 0 aliphatic heterocycles. The molecule has 1 heterocycles. The van der Waals surface area contributed by atoms with Gasteiger partial charge in [0, 0.05) is 12.5 Å². The third-order valence-electron chi connectivity index (χ3n) is 1.84. The summed E-state index contributed by atoms with van der Waals surface area (Å²) >= 11 is 6.00. The minimum absolute atomic E-state index is 0.0971. The third-order valence-corrected chi connectivity index (χ3v) is 2.21. The normalized spacial score (nSPS) is 11.8. The first-order valence-corrected chi connectivity index (χ1v) is 4.44. The van der Waals surface area contributed by atoms with E-state index in [1.54, 1.807) is 11.7 Å². The largest absolute Gasteiger partial charge is 0.296 e. The Balaban J connectivity index is 3.37. The van der Waals surface area contributed by atoms with Crippen molar-refractivity contribution in [2.24, 2.45) is 7.05 Å². The summed E-state index contributed by atoms with van der Waals surface area (Å²) in [6.45, 7) is 6.10. The van der Waals surface area contributed by atoms with Gasteiger partial charge in [0.1, 0.15) is 5.69 Å². The lowest BCUT2D eigenvalue weighted by atomic mass is 9.92. The molecule has 0 saturated carbocycles. The van der Waals surface area contributed by atoms with Crippen LogP contribution in [0.3, 0.4) is 0 Å². The monoisotopic (exact) mass is 200 g/mol. The minimum atomic E-state index is -0.0971. The number of aryl methyl sites for hydroxylation is 1. The minimum Gasteiger partial charge on any atom is -0.296 e. The molecule has 0 unspecified atom stereocenters. The highest BCUT2D eigenvalue weighted by Crippen LogP contribution is 2.30. The maximum Gasteiger partial charge on any atom is 0.171 e. The molecule has 0 atom stereocenters. The van der Waals surface area contributed by atoms with E-state index >= 15 is 0 Å². The fraction of sp³-hybridized carbons (Fsp3) is 0.556. The Labute approximate surface area is 82.7 Å². The van der Waals surface area contributed by atoms with Gasteiger partial charge >= 0.3 is 0 Å². The Morgan fingerprint density at radius 1 is 1.46 bits per heavy atom. The molecule has 13 heavy (non-hydrogen) atoms. The third kappa shape index (κ3) is 1.75. The van der Waals surface area contributed by atoms with Crippen LogP contribution in [0.1, 0.15) is 37.0 Å². The second-order valence-electron chi connectivity index (χ2n) is 4.04. The van der Waals surface area contributed by atoms with Crippen LogP contribution in [-0.2, 0) is 12.5 Å². The van der Waals surface area contributed by atoms with E-state index in [9.17, 15) is 4.79 Å². The van der Waals surface area contributed by atoms with Crippen LogP contribution in [0.2, 0.25) is 5.02 Å². The molecule has 0 fully saturated rings. The Kier molecular flexibility index (Phi) is 2.48. The van der Waals surface area contributed by atoms with Gasteiger partial charge in [0.05, 0.1) is 10.7 Å². The summed E-state index contributed by atoms with van der Waals surface area (Å²) in [6.07, 6.45) is 0.678. The average molecular weight is 201 g/mol. The Morgan fingerprint density at radius 2 is 2.00 bits per heavy atom. The van der Waals surface area contributed by atoms with Crippen LogP contribution < -0.4 is 0 Å². The summed E-state index contributed by atoms with van der Waals surface area (Å²) in [5.74, 6) is 0. The molecule has 0 aliphatic rings. The molecule has 3 nitrogen and oxygen atoms in total. The smallest absolute Gasteiger partial charge is 0.171 e. The van der Waals surface area contributed by atoms with E-state index in [0.29, 0.717) is 17.0 Å². The fourth-order valence-corrected chi connectivity index (χ4v) is 1.90. The van der Waals surface area contributed by atoms with Crippen molar-refractivity contribution in [2.45, 2.75) is 26.2 Å². The number of carbonyl (C=O) groups is 1. The topological polar surface area (TPSA) is 34.9 Å². The lowest BCUT2D eigenvalue weighted by molar-refractivity contribution is 0.111. The van der Waals surface area contributed by atoms with Gasteiger partial charge in [-0.05, 0) is 0 Å². The molecule has 1 rings (SSSR count). The first-order valence-electron chi connectivity index (χ1n) is 4.06. The molecule has 0 spiro atoms. The number of aromatic nitrogens is 2. The Morgan fingerprint density at radius 3 is 2.23 bits per heavy atom. The van der Waals surface area contributed by atoms with Crippen molar-refractivity contribution < 1.29 is 4.79 Å². The van der Waals surface area contributed by atoms with Crippen LogP contribution in [0.25, 0.3) is 0 Å². The van der Waals surface area contributed by atoms with E-state index in [1.807, 2.05) is 20.8 Å². The average Bonchev–Trinajstić information content (AvgIpc) is 2.24. The SMILES string of the molecule is Cn1nc(C=O)c(Cl)c1C(C)(C)C. The first kappa shape index (κ1) is 10.3. The maximum absolute atomic E-state index is 10.6. The predicted molar refractivity (Wildman–Crippen MR) is 52.3 cm³/mol. The van der Waals surface area contributed by atoms with Gasteiger partial charge < -0.3 is 0 Å². The number of carbonyl (C=O) groups excluding carboxylic acids is 1.